The molecular formula is C17H21NO2. The predicted molar refractivity (Wildman–Crippen MR) is 81.3 cm³/mol. The molecule has 0 spiro atoms. The minimum atomic E-state index is -0.511. The van der Waals surface area contributed by atoms with Gasteiger partial charge >= 0.3 is 6.09 Å². The summed E-state index contributed by atoms with van der Waals surface area (Å²) in [5.41, 5.74) is 0.416. The minimum Gasteiger partial charge on any atom is -0.444 e. The Bertz CT molecular complexity index is 503. The standard InChI is InChI=1S/C17H21NO2/c1-5-13-18(16(19)20-17(2,3)4)14-9-12-15-10-7-6-8-11-15/h5-8,10-11H,1,13-14H2,2-4H3. The number of hydrogen-bond donors (Lipinski definition) is 0. The van der Waals surface area contributed by atoms with Gasteiger partial charge in [0.05, 0.1) is 6.54 Å². The maximum Gasteiger partial charge on any atom is 0.411 e. The normalized spacial score (nSPS) is 10.2. The van der Waals surface area contributed by atoms with Gasteiger partial charge in [-0.15, -0.1) is 6.58 Å². The van der Waals surface area contributed by atoms with Gasteiger partial charge in [-0.1, -0.05) is 36.1 Å². The van der Waals surface area contributed by atoms with E-state index in [9.17, 15) is 4.79 Å². The molecule has 0 aliphatic rings. The van der Waals surface area contributed by atoms with Crippen LogP contribution >= 0.6 is 0 Å². The van der Waals surface area contributed by atoms with Crippen LogP contribution in [-0.2, 0) is 4.74 Å². The van der Waals surface area contributed by atoms with Crippen molar-refractivity contribution in [3.05, 3.63) is 48.6 Å². The van der Waals surface area contributed by atoms with E-state index in [1.54, 1.807) is 6.08 Å². The Morgan fingerprint density at radius 3 is 2.55 bits per heavy atom. The highest BCUT2D eigenvalue weighted by Gasteiger charge is 2.20. The second-order valence-electron chi connectivity index (χ2n) is 5.32. The first kappa shape index (κ1) is 15.8. The molecule has 0 saturated heterocycles. The SMILES string of the molecule is C=CCN(CC#Cc1ccccc1)C(=O)OC(C)(C)C. The van der Waals surface area contributed by atoms with Crippen LogP contribution in [0.5, 0.6) is 0 Å². The van der Waals surface area contributed by atoms with Gasteiger partial charge in [-0.25, -0.2) is 4.79 Å². The second-order valence-corrected chi connectivity index (χ2v) is 5.32. The van der Waals surface area contributed by atoms with Gasteiger partial charge in [-0.3, -0.25) is 4.90 Å². The molecule has 20 heavy (non-hydrogen) atoms. The fraction of sp³-hybridized carbons (Fsp3) is 0.353. The molecule has 0 N–H and O–H groups in total. The van der Waals surface area contributed by atoms with Crippen LogP contribution < -0.4 is 0 Å². The third-order valence-corrected chi connectivity index (χ3v) is 2.28. The minimum absolute atomic E-state index is 0.315. The van der Waals surface area contributed by atoms with Crippen molar-refractivity contribution < 1.29 is 9.53 Å². The Morgan fingerprint density at radius 2 is 2.00 bits per heavy atom. The van der Waals surface area contributed by atoms with Crippen LogP contribution in [0.3, 0.4) is 0 Å². The molecule has 0 atom stereocenters. The van der Waals surface area contributed by atoms with Crippen LogP contribution in [0, 0.1) is 11.8 Å². The lowest BCUT2D eigenvalue weighted by Crippen LogP contribution is -2.37. The Kier molecular flexibility index (Phi) is 5.86. The second kappa shape index (κ2) is 7.40. The zero-order valence-electron chi connectivity index (χ0n) is 12.3. The largest absolute Gasteiger partial charge is 0.444 e. The first-order chi connectivity index (χ1) is 9.42. The van der Waals surface area contributed by atoms with E-state index in [2.05, 4.69) is 18.4 Å². The number of amides is 1. The van der Waals surface area contributed by atoms with Crippen LogP contribution in [0.25, 0.3) is 0 Å². The zero-order valence-corrected chi connectivity index (χ0v) is 12.3. The maximum atomic E-state index is 12.0. The number of carbonyl (C=O) groups is 1. The third kappa shape index (κ3) is 6.10. The van der Waals surface area contributed by atoms with Crippen molar-refractivity contribution in [3.63, 3.8) is 0 Å². The van der Waals surface area contributed by atoms with Crippen LogP contribution in [0.2, 0.25) is 0 Å². The molecule has 1 aromatic rings. The molecule has 1 rings (SSSR count). The molecule has 0 aliphatic heterocycles. The van der Waals surface area contributed by atoms with Crippen molar-refractivity contribution in [1.82, 2.24) is 4.90 Å². The van der Waals surface area contributed by atoms with E-state index in [1.165, 1.54) is 4.90 Å². The Hall–Kier alpha value is -2.21. The van der Waals surface area contributed by atoms with Gasteiger partial charge in [-0.05, 0) is 32.9 Å². The molecule has 0 saturated carbocycles. The molecule has 0 aliphatic carbocycles. The summed E-state index contributed by atoms with van der Waals surface area (Å²) in [6.07, 6.45) is 1.29. The van der Waals surface area contributed by atoms with E-state index < -0.39 is 5.60 Å². The molecule has 106 valence electrons. The Morgan fingerprint density at radius 1 is 1.35 bits per heavy atom. The van der Waals surface area contributed by atoms with Gasteiger partial charge in [0, 0.05) is 12.1 Å². The molecule has 0 fully saturated rings. The Balaban J connectivity index is 2.66. The number of benzene rings is 1. The zero-order chi connectivity index (χ0) is 15.0. The maximum absolute atomic E-state index is 12.0. The summed E-state index contributed by atoms with van der Waals surface area (Å²) < 4.78 is 5.33. The molecule has 0 radical (unpaired) electrons. The summed E-state index contributed by atoms with van der Waals surface area (Å²) in [7, 11) is 0. The molecule has 3 heteroatoms. The summed E-state index contributed by atoms with van der Waals surface area (Å²) in [5, 5.41) is 0. The molecule has 0 aromatic heterocycles. The van der Waals surface area contributed by atoms with Crippen LogP contribution in [0.15, 0.2) is 43.0 Å². The first-order valence-electron chi connectivity index (χ1n) is 6.55. The molecule has 0 heterocycles. The summed E-state index contributed by atoms with van der Waals surface area (Å²) in [5.74, 6) is 6.00. The van der Waals surface area contributed by atoms with E-state index in [1.807, 2.05) is 51.1 Å². The Labute approximate surface area is 121 Å². The molecule has 0 unspecified atom stereocenters. The smallest absolute Gasteiger partial charge is 0.411 e. The summed E-state index contributed by atoms with van der Waals surface area (Å²) in [6, 6.07) is 9.66. The fourth-order valence-electron chi connectivity index (χ4n) is 1.44. The van der Waals surface area contributed by atoms with E-state index in [-0.39, 0.29) is 6.09 Å². The van der Waals surface area contributed by atoms with Gasteiger partial charge in [0.2, 0.25) is 0 Å². The quantitative estimate of drug-likeness (QED) is 0.622. The van der Waals surface area contributed by atoms with Gasteiger partial charge in [-0.2, -0.15) is 0 Å². The summed E-state index contributed by atoms with van der Waals surface area (Å²) >= 11 is 0. The lowest BCUT2D eigenvalue weighted by Gasteiger charge is -2.25. The predicted octanol–water partition coefficient (Wildman–Crippen LogP) is 3.46. The van der Waals surface area contributed by atoms with Gasteiger partial charge in [0.25, 0.3) is 0 Å². The van der Waals surface area contributed by atoms with E-state index in [0.717, 1.165) is 5.56 Å². The highest BCUT2D eigenvalue weighted by atomic mass is 16.6. The van der Waals surface area contributed by atoms with Crippen LogP contribution in [-0.4, -0.2) is 29.7 Å². The lowest BCUT2D eigenvalue weighted by molar-refractivity contribution is 0.0296. The van der Waals surface area contributed by atoms with Crippen molar-refractivity contribution >= 4 is 6.09 Å². The number of carbonyl (C=O) groups excluding carboxylic acids is 1. The highest BCUT2D eigenvalue weighted by molar-refractivity contribution is 5.68. The molecule has 3 nitrogen and oxygen atoms in total. The molecular weight excluding hydrogens is 250 g/mol. The molecule has 1 aromatic carbocycles. The number of nitrogens with zero attached hydrogens (tertiary/aromatic N) is 1. The van der Waals surface area contributed by atoms with Crippen molar-refractivity contribution in [2.24, 2.45) is 0 Å². The topological polar surface area (TPSA) is 29.5 Å². The monoisotopic (exact) mass is 271 g/mol. The summed E-state index contributed by atoms with van der Waals surface area (Å²) in [4.78, 5) is 13.5. The van der Waals surface area contributed by atoms with Crippen molar-refractivity contribution in [2.75, 3.05) is 13.1 Å². The van der Waals surface area contributed by atoms with Gasteiger partial charge < -0.3 is 4.74 Å². The van der Waals surface area contributed by atoms with E-state index in [0.29, 0.717) is 13.1 Å². The van der Waals surface area contributed by atoms with Crippen molar-refractivity contribution in [3.8, 4) is 11.8 Å². The van der Waals surface area contributed by atoms with E-state index in [4.69, 9.17) is 4.74 Å². The van der Waals surface area contributed by atoms with E-state index >= 15 is 0 Å². The first-order valence-corrected chi connectivity index (χ1v) is 6.55. The lowest BCUT2D eigenvalue weighted by atomic mass is 10.2. The van der Waals surface area contributed by atoms with Gasteiger partial charge in [0.1, 0.15) is 5.60 Å². The van der Waals surface area contributed by atoms with Crippen LogP contribution in [0.1, 0.15) is 26.3 Å². The summed E-state index contributed by atoms with van der Waals surface area (Å²) in [6.45, 7) is 9.90. The fourth-order valence-corrected chi connectivity index (χ4v) is 1.44. The highest BCUT2D eigenvalue weighted by Crippen LogP contribution is 2.09. The van der Waals surface area contributed by atoms with Crippen LogP contribution in [0.4, 0.5) is 4.79 Å². The average Bonchev–Trinajstić information content (AvgIpc) is 2.37. The third-order valence-electron chi connectivity index (χ3n) is 2.28. The van der Waals surface area contributed by atoms with Crippen molar-refractivity contribution in [2.45, 2.75) is 26.4 Å². The number of rotatable bonds is 3. The number of hydrogen-bond acceptors (Lipinski definition) is 2. The molecule has 0 bridgehead atoms. The average molecular weight is 271 g/mol. The number of ether oxygens (including phenoxy) is 1. The molecule has 1 amide bonds. The van der Waals surface area contributed by atoms with Gasteiger partial charge in [0.15, 0.2) is 0 Å². The van der Waals surface area contributed by atoms with Crippen molar-refractivity contribution in [1.29, 1.82) is 0 Å².